The van der Waals surface area contributed by atoms with Gasteiger partial charge in [0.05, 0.1) is 7.11 Å². The molecule has 0 unspecified atom stereocenters. The predicted molar refractivity (Wildman–Crippen MR) is 117 cm³/mol. The number of halogens is 3. The maximum Gasteiger partial charge on any atom is 0.433 e. The molecular formula is C24H31F3N4O. The molecule has 0 radical (unpaired) electrons. The molecule has 0 spiro atoms. The molecule has 0 aliphatic carbocycles. The first-order chi connectivity index (χ1) is 15.4. The van der Waals surface area contributed by atoms with E-state index in [1.54, 1.807) is 13.2 Å². The summed E-state index contributed by atoms with van der Waals surface area (Å²) < 4.78 is 43.5. The second-order valence-electron chi connectivity index (χ2n) is 8.68. The van der Waals surface area contributed by atoms with Crippen molar-refractivity contribution in [2.24, 2.45) is 0 Å². The van der Waals surface area contributed by atoms with Gasteiger partial charge in [-0.05, 0) is 43.6 Å². The van der Waals surface area contributed by atoms with Crippen molar-refractivity contribution in [3.63, 3.8) is 0 Å². The van der Waals surface area contributed by atoms with Crippen molar-refractivity contribution in [2.45, 2.75) is 38.1 Å². The largest absolute Gasteiger partial charge is 0.496 e. The fraction of sp³-hybridized carbons (Fsp3) is 0.542. The Balaban J connectivity index is 1.21. The molecule has 2 aliphatic heterocycles. The summed E-state index contributed by atoms with van der Waals surface area (Å²) in [6, 6.07) is 11.4. The standard InChI is InChI=1S/C24H31F3N4O/c1-32-22-5-3-2-4-20(22)18-30-12-14-31(15-13-30)21-8-10-29(11-9-21)17-19-6-7-23(28-16-19)24(25,26)27/h2-7,16,21H,8-15,17-18H2,1H3. The molecule has 4 rings (SSSR count). The van der Waals surface area contributed by atoms with Crippen LogP contribution in [0.1, 0.15) is 29.7 Å². The number of piperidine rings is 1. The third-order valence-corrected chi connectivity index (χ3v) is 6.59. The molecule has 2 saturated heterocycles. The summed E-state index contributed by atoms with van der Waals surface area (Å²) in [5, 5.41) is 0. The molecule has 0 saturated carbocycles. The summed E-state index contributed by atoms with van der Waals surface area (Å²) in [7, 11) is 1.72. The van der Waals surface area contributed by atoms with E-state index >= 15 is 0 Å². The number of ether oxygens (including phenoxy) is 1. The zero-order chi connectivity index (χ0) is 22.6. The lowest BCUT2D eigenvalue weighted by Crippen LogP contribution is -2.52. The summed E-state index contributed by atoms with van der Waals surface area (Å²) in [5.74, 6) is 0.950. The lowest BCUT2D eigenvalue weighted by molar-refractivity contribution is -0.141. The van der Waals surface area contributed by atoms with Crippen molar-refractivity contribution in [1.29, 1.82) is 0 Å². The molecule has 2 aliphatic rings. The Morgan fingerprint density at radius 2 is 1.59 bits per heavy atom. The number of para-hydroxylation sites is 1. The highest BCUT2D eigenvalue weighted by Crippen LogP contribution is 2.28. The number of rotatable bonds is 6. The maximum atomic E-state index is 12.7. The zero-order valence-corrected chi connectivity index (χ0v) is 18.5. The number of pyridine rings is 1. The van der Waals surface area contributed by atoms with Gasteiger partial charge in [0.1, 0.15) is 11.4 Å². The van der Waals surface area contributed by atoms with E-state index in [-0.39, 0.29) is 0 Å². The van der Waals surface area contributed by atoms with Crippen LogP contribution < -0.4 is 4.74 Å². The van der Waals surface area contributed by atoms with Gasteiger partial charge in [0.2, 0.25) is 0 Å². The Morgan fingerprint density at radius 1 is 0.906 bits per heavy atom. The van der Waals surface area contributed by atoms with Crippen LogP contribution in [0.5, 0.6) is 5.75 Å². The molecule has 0 bridgehead atoms. The zero-order valence-electron chi connectivity index (χ0n) is 18.5. The van der Waals surface area contributed by atoms with Crippen LogP contribution in [0.15, 0.2) is 42.6 Å². The smallest absolute Gasteiger partial charge is 0.433 e. The number of nitrogens with zero attached hydrogens (tertiary/aromatic N) is 4. The quantitative estimate of drug-likeness (QED) is 0.670. The Kier molecular flexibility index (Phi) is 7.33. The van der Waals surface area contributed by atoms with Crippen LogP contribution in [0.4, 0.5) is 13.2 Å². The Bertz CT molecular complexity index is 858. The van der Waals surface area contributed by atoms with Crippen molar-refractivity contribution < 1.29 is 17.9 Å². The fourth-order valence-electron chi connectivity index (χ4n) is 4.75. The predicted octanol–water partition coefficient (Wildman–Crippen LogP) is 3.89. The van der Waals surface area contributed by atoms with E-state index in [0.717, 1.165) is 76.0 Å². The van der Waals surface area contributed by atoms with Gasteiger partial charge in [-0.2, -0.15) is 13.2 Å². The normalized spacial score (nSPS) is 19.9. The van der Waals surface area contributed by atoms with Crippen molar-refractivity contribution in [1.82, 2.24) is 19.7 Å². The molecule has 0 atom stereocenters. The van der Waals surface area contributed by atoms with Crippen LogP contribution >= 0.6 is 0 Å². The van der Waals surface area contributed by atoms with E-state index in [0.29, 0.717) is 12.6 Å². The monoisotopic (exact) mass is 448 g/mol. The van der Waals surface area contributed by atoms with E-state index in [9.17, 15) is 13.2 Å². The third-order valence-electron chi connectivity index (χ3n) is 6.59. The van der Waals surface area contributed by atoms with Gasteiger partial charge < -0.3 is 4.74 Å². The molecule has 0 amide bonds. The third kappa shape index (κ3) is 5.79. The van der Waals surface area contributed by atoms with E-state index in [1.165, 1.54) is 11.8 Å². The Morgan fingerprint density at radius 3 is 2.22 bits per heavy atom. The summed E-state index contributed by atoms with van der Waals surface area (Å²) in [6.07, 6.45) is -0.828. The van der Waals surface area contributed by atoms with Gasteiger partial charge in [-0.25, -0.2) is 0 Å². The second kappa shape index (κ2) is 10.2. The minimum Gasteiger partial charge on any atom is -0.496 e. The molecule has 2 aromatic rings. The summed E-state index contributed by atoms with van der Waals surface area (Å²) in [4.78, 5) is 11.0. The van der Waals surface area contributed by atoms with Gasteiger partial charge in [-0.15, -0.1) is 0 Å². The fourth-order valence-corrected chi connectivity index (χ4v) is 4.75. The first-order valence-corrected chi connectivity index (χ1v) is 11.2. The lowest BCUT2D eigenvalue weighted by Gasteiger charge is -2.43. The molecule has 1 aromatic heterocycles. The highest BCUT2D eigenvalue weighted by atomic mass is 19.4. The van der Waals surface area contributed by atoms with Crippen LogP contribution in [0.25, 0.3) is 0 Å². The molecule has 0 N–H and O–H groups in total. The van der Waals surface area contributed by atoms with Crippen molar-refractivity contribution in [3.05, 3.63) is 59.4 Å². The molecular weight excluding hydrogens is 417 g/mol. The first kappa shape index (κ1) is 23.0. The van der Waals surface area contributed by atoms with Crippen molar-refractivity contribution >= 4 is 0 Å². The van der Waals surface area contributed by atoms with Gasteiger partial charge in [-0.1, -0.05) is 24.3 Å². The molecule has 2 fully saturated rings. The number of piperazine rings is 1. The van der Waals surface area contributed by atoms with Gasteiger partial charge in [0.25, 0.3) is 0 Å². The van der Waals surface area contributed by atoms with Crippen LogP contribution in [-0.2, 0) is 19.3 Å². The number of benzene rings is 1. The number of aromatic nitrogens is 1. The van der Waals surface area contributed by atoms with Gasteiger partial charge in [0, 0.05) is 57.1 Å². The average Bonchev–Trinajstić information content (AvgIpc) is 2.80. The van der Waals surface area contributed by atoms with Crippen molar-refractivity contribution in [3.8, 4) is 5.75 Å². The molecule has 5 nitrogen and oxygen atoms in total. The van der Waals surface area contributed by atoms with E-state index in [4.69, 9.17) is 4.74 Å². The number of hydrogen-bond acceptors (Lipinski definition) is 5. The van der Waals surface area contributed by atoms with Crippen LogP contribution in [-0.4, -0.2) is 72.1 Å². The van der Waals surface area contributed by atoms with Gasteiger partial charge in [0.15, 0.2) is 0 Å². The number of hydrogen-bond donors (Lipinski definition) is 0. The van der Waals surface area contributed by atoms with Gasteiger partial charge in [-0.3, -0.25) is 19.7 Å². The van der Waals surface area contributed by atoms with E-state index in [2.05, 4.69) is 31.8 Å². The van der Waals surface area contributed by atoms with E-state index < -0.39 is 11.9 Å². The van der Waals surface area contributed by atoms with Crippen LogP contribution in [0.2, 0.25) is 0 Å². The SMILES string of the molecule is COc1ccccc1CN1CCN(C2CCN(Cc3ccc(C(F)(F)F)nc3)CC2)CC1. The molecule has 3 heterocycles. The maximum absolute atomic E-state index is 12.7. The molecule has 1 aromatic carbocycles. The number of methoxy groups -OCH3 is 1. The summed E-state index contributed by atoms with van der Waals surface area (Å²) >= 11 is 0. The lowest BCUT2D eigenvalue weighted by atomic mass is 10.0. The van der Waals surface area contributed by atoms with E-state index in [1.807, 2.05) is 12.1 Å². The highest BCUT2D eigenvalue weighted by Gasteiger charge is 2.32. The molecule has 174 valence electrons. The highest BCUT2D eigenvalue weighted by molar-refractivity contribution is 5.33. The van der Waals surface area contributed by atoms with Crippen LogP contribution in [0.3, 0.4) is 0 Å². The van der Waals surface area contributed by atoms with Gasteiger partial charge >= 0.3 is 6.18 Å². The Hall–Kier alpha value is -2.16. The summed E-state index contributed by atoms with van der Waals surface area (Å²) in [5.41, 5.74) is 1.24. The Labute approximate surface area is 187 Å². The number of alkyl halides is 3. The average molecular weight is 449 g/mol. The summed E-state index contributed by atoms with van der Waals surface area (Å²) in [6.45, 7) is 7.75. The molecule has 8 heteroatoms. The molecule has 32 heavy (non-hydrogen) atoms. The van der Waals surface area contributed by atoms with Crippen molar-refractivity contribution in [2.75, 3.05) is 46.4 Å². The topological polar surface area (TPSA) is 31.8 Å². The minimum atomic E-state index is -4.38. The number of likely N-dealkylation sites (tertiary alicyclic amines) is 1. The second-order valence-corrected chi connectivity index (χ2v) is 8.68. The minimum absolute atomic E-state index is 0.588. The van der Waals surface area contributed by atoms with Crippen LogP contribution in [0, 0.1) is 0 Å². The first-order valence-electron chi connectivity index (χ1n) is 11.2.